The summed E-state index contributed by atoms with van der Waals surface area (Å²) >= 11 is 3.45. The zero-order valence-corrected chi connectivity index (χ0v) is 12.8. The molecule has 2 aromatic rings. The fraction of sp³-hybridized carbons (Fsp3) is 0.188. The van der Waals surface area contributed by atoms with Gasteiger partial charge in [0.15, 0.2) is 0 Å². The number of nitriles is 1. The van der Waals surface area contributed by atoms with E-state index in [0.29, 0.717) is 12.1 Å². The summed E-state index contributed by atoms with van der Waals surface area (Å²) in [6.07, 6.45) is 0. The summed E-state index contributed by atoms with van der Waals surface area (Å²) in [5, 5.41) is 18.4. The van der Waals surface area contributed by atoms with E-state index in [2.05, 4.69) is 26.9 Å². The molecule has 4 heteroatoms. The summed E-state index contributed by atoms with van der Waals surface area (Å²) in [7, 11) is 1.97. The van der Waals surface area contributed by atoms with Gasteiger partial charge in [-0.05, 0) is 29.8 Å². The fourth-order valence-corrected chi connectivity index (χ4v) is 2.47. The number of hydrogen-bond donors (Lipinski definition) is 1. The van der Waals surface area contributed by atoms with Crippen molar-refractivity contribution in [1.82, 2.24) is 0 Å². The molecule has 3 nitrogen and oxygen atoms in total. The van der Waals surface area contributed by atoms with Gasteiger partial charge in [0.1, 0.15) is 0 Å². The van der Waals surface area contributed by atoms with Gasteiger partial charge in [-0.15, -0.1) is 0 Å². The molecule has 20 heavy (non-hydrogen) atoms. The molecule has 2 rings (SSSR count). The normalized spacial score (nSPS) is 10.1. The third-order valence-corrected chi connectivity index (χ3v) is 3.60. The minimum Gasteiger partial charge on any atom is -0.392 e. The first-order valence-corrected chi connectivity index (χ1v) is 7.03. The zero-order valence-electron chi connectivity index (χ0n) is 11.2. The monoisotopic (exact) mass is 330 g/mol. The van der Waals surface area contributed by atoms with Crippen molar-refractivity contribution in [1.29, 1.82) is 5.26 Å². The number of rotatable bonds is 4. The lowest BCUT2D eigenvalue weighted by atomic mass is 10.1. The predicted octanol–water partition coefficient (Wildman–Crippen LogP) is 3.45. The van der Waals surface area contributed by atoms with Gasteiger partial charge in [0.25, 0.3) is 0 Å². The third kappa shape index (κ3) is 3.38. The molecule has 0 saturated carbocycles. The molecule has 102 valence electrons. The number of nitrogens with zero attached hydrogens (tertiary/aromatic N) is 2. The van der Waals surface area contributed by atoms with Crippen molar-refractivity contribution in [2.75, 3.05) is 11.9 Å². The zero-order chi connectivity index (χ0) is 14.5. The molecule has 0 unspecified atom stereocenters. The molecule has 0 fully saturated rings. The molecule has 2 aromatic carbocycles. The van der Waals surface area contributed by atoms with Crippen LogP contribution in [0.4, 0.5) is 5.69 Å². The van der Waals surface area contributed by atoms with Crippen LogP contribution in [0.3, 0.4) is 0 Å². The molecule has 0 aliphatic carbocycles. The Morgan fingerprint density at radius 1 is 1.25 bits per heavy atom. The van der Waals surface area contributed by atoms with E-state index in [4.69, 9.17) is 5.26 Å². The Bertz CT molecular complexity index is 649. The van der Waals surface area contributed by atoms with E-state index in [-0.39, 0.29) is 6.61 Å². The van der Waals surface area contributed by atoms with Crippen LogP contribution in [0, 0.1) is 11.3 Å². The van der Waals surface area contributed by atoms with Gasteiger partial charge >= 0.3 is 0 Å². The Labute approximate surface area is 127 Å². The lowest BCUT2D eigenvalue weighted by molar-refractivity contribution is 0.282. The average Bonchev–Trinajstić information content (AvgIpc) is 2.47. The molecule has 0 aliphatic rings. The van der Waals surface area contributed by atoms with Crippen molar-refractivity contribution in [3.8, 4) is 6.07 Å². The lowest BCUT2D eigenvalue weighted by Crippen LogP contribution is -2.18. The molecule has 0 spiro atoms. The molecule has 0 aliphatic heterocycles. The Kier molecular flexibility index (Phi) is 4.78. The van der Waals surface area contributed by atoms with E-state index < -0.39 is 0 Å². The summed E-state index contributed by atoms with van der Waals surface area (Å²) in [5.41, 5.74) is 3.58. The smallest absolute Gasteiger partial charge is 0.0991 e. The summed E-state index contributed by atoms with van der Waals surface area (Å²) in [6, 6.07) is 15.5. The summed E-state index contributed by atoms with van der Waals surface area (Å²) in [6.45, 7) is 0.685. The lowest BCUT2D eigenvalue weighted by Gasteiger charge is -2.22. The van der Waals surface area contributed by atoms with E-state index in [1.165, 1.54) is 0 Å². The van der Waals surface area contributed by atoms with Crippen LogP contribution >= 0.6 is 15.9 Å². The molecule has 0 amide bonds. The Morgan fingerprint density at radius 2 is 2.05 bits per heavy atom. The number of halogens is 1. The second kappa shape index (κ2) is 6.56. The highest BCUT2D eigenvalue weighted by Crippen LogP contribution is 2.25. The summed E-state index contributed by atoms with van der Waals surface area (Å²) in [5.74, 6) is 0. The highest BCUT2D eigenvalue weighted by atomic mass is 79.9. The van der Waals surface area contributed by atoms with Gasteiger partial charge in [0.05, 0.1) is 18.2 Å². The molecule has 0 aromatic heterocycles. The first-order valence-electron chi connectivity index (χ1n) is 6.23. The Balaban J connectivity index is 2.25. The van der Waals surface area contributed by atoms with Gasteiger partial charge in [-0.2, -0.15) is 5.26 Å². The van der Waals surface area contributed by atoms with Crippen molar-refractivity contribution in [3.05, 3.63) is 63.6 Å². The molecule has 1 N–H and O–H groups in total. The van der Waals surface area contributed by atoms with Crippen LogP contribution in [-0.2, 0) is 13.2 Å². The minimum absolute atomic E-state index is 0.00515. The molecule has 0 radical (unpaired) electrons. The average molecular weight is 331 g/mol. The molecule has 0 heterocycles. The molecule has 0 saturated heterocycles. The van der Waals surface area contributed by atoms with Crippen molar-refractivity contribution in [2.45, 2.75) is 13.2 Å². The number of aliphatic hydroxyl groups excluding tert-OH is 1. The van der Waals surface area contributed by atoms with E-state index in [9.17, 15) is 5.11 Å². The molecule has 0 bridgehead atoms. The Hall–Kier alpha value is -1.83. The van der Waals surface area contributed by atoms with Crippen molar-refractivity contribution >= 4 is 21.6 Å². The number of benzene rings is 2. The van der Waals surface area contributed by atoms with Crippen molar-refractivity contribution < 1.29 is 5.11 Å². The van der Waals surface area contributed by atoms with Crippen LogP contribution in [-0.4, -0.2) is 12.2 Å². The SMILES string of the molecule is CN(Cc1cccc(C#N)c1)c1cc(Br)ccc1CO. The van der Waals surface area contributed by atoms with E-state index in [0.717, 1.165) is 21.3 Å². The van der Waals surface area contributed by atoms with Crippen LogP contribution in [0.2, 0.25) is 0 Å². The number of anilines is 1. The van der Waals surface area contributed by atoms with Gasteiger partial charge in [-0.3, -0.25) is 0 Å². The first-order chi connectivity index (χ1) is 9.63. The summed E-state index contributed by atoms with van der Waals surface area (Å²) < 4.78 is 0.974. The second-order valence-electron chi connectivity index (χ2n) is 4.60. The predicted molar refractivity (Wildman–Crippen MR) is 83.3 cm³/mol. The van der Waals surface area contributed by atoms with Crippen LogP contribution in [0.15, 0.2) is 46.9 Å². The standard InChI is InChI=1S/C16H15BrN2O/c1-19(10-13-4-2-3-12(7-13)9-18)16-8-15(17)6-5-14(16)11-20/h2-8,20H,10-11H2,1H3. The van der Waals surface area contributed by atoms with Crippen LogP contribution < -0.4 is 4.90 Å². The minimum atomic E-state index is 0.00515. The van der Waals surface area contributed by atoms with E-state index >= 15 is 0 Å². The fourth-order valence-electron chi connectivity index (χ4n) is 2.12. The van der Waals surface area contributed by atoms with Gasteiger partial charge in [-0.1, -0.05) is 34.1 Å². The van der Waals surface area contributed by atoms with Crippen molar-refractivity contribution in [2.24, 2.45) is 0 Å². The molecule has 0 atom stereocenters. The Morgan fingerprint density at radius 3 is 2.75 bits per heavy atom. The first kappa shape index (κ1) is 14.6. The van der Waals surface area contributed by atoms with E-state index in [1.54, 1.807) is 6.07 Å². The highest BCUT2D eigenvalue weighted by molar-refractivity contribution is 9.10. The van der Waals surface area contributed by atoms with Crippen molar-refractivity contribution in [3.63, 3.8) is 0 Å². The maximum absolute atomic E-state index is 9.42. The summed E-state index contributed by atoms with van der Waals surface area (Å²) in [4.78, 5) is 2.06. The van der Waals surface area contributed by atoms with Crippen LogP contribution in [0.1, 0.15) is 16.7 Å². The van der Waals surface area contributed by atoms with Gasteiger partial charge in [0.2, 0.25) is 0 Å². The maximum atomic E-state index is 9.42. The van der Waals surface area contributed by atoms with Crippen LogP contribution in [0.5, 0.6) is 0 Å². The molecular formula is C16H15BrN2O. The topological polar surface area (TPSA) is 47.3 Å². The van der Waals surface area contributed by atoms with E-state index in [1.807, 2.05) is 43.4 Å². The van der Waals surface area contributed by atoms with Gasteiger partial charge < -0.3 is 10.0 Å². The quantitative estimate of drug-likeness (QED) is 0.933. The van der Waals surface area contributed by atoms with Crippen LogP contribution in [0.25, 0.3) is 0 Å². The third-order valence-electron chi connectivity index (χ3n) is 3.10. The highest BCUT2D eigenvalue weighted by Gasteiger charge is 2.08. The second-order valence-corrected chi connectivity index (χ2v) is 5.52. The number of aliphatic hydroxyl groups is 1. The molecular weight excluding hydrogens is 316 g/mol. The van der Waals surface area contributed by atoms with Gasteiger partial charge in [0, 0.05) is 29.3 Å². The largest absolute Gasteiger partial charge is 0.392 e. The number of hydrogen-bond acceptors (Lipinski definition) is 3. The maximum Gasteiger partial charge on any atom is 0.0991 e. The van der Waals surface area contributed by atoms with Gasteiger partial charge in [-0.25, -0.2) is 0 Å².